The van der Waals surface area contributed by atoms with Crippen LogP contribution >= 0.6 is 23.2 Å². The summed E-state index contributed by atoms with van der Waals surface area (Å²) in [6.07, 6.45) is 0.140. The average Bonchev–Trinajstić information content (AvgIpc) is 2.68. The number of halogens is 2. The maximum Gasteiger partial charge on any atom is 0.294 e. The standard InChI is InChI=1S/C10H10Cl2N2O3/c11-7-3-9(13-2-1-6(15)5-13)10(14(16)17)4-8(7)12/h3-4,6,15H,1-2,5H2. The molecule has 1 saturated heterocycles. The number of aliphatic hydroxyl groups is 1. The fraction of sp³-hybridized carbons (Fsp3) is 0.400. The van der Waals surface area contributed by atoms with Crippen molar-refractivity contribution in [3.63, 3.8) is 0 Å². The number of β-amino-alcohol motifs (C(OH)–C–C–N with tert-alkyl or cyclic N) is 1. The van der Waals surface area contributed by atoms with E-state index in [2.05, 4.69) is 0 Å². The molecule has 1 aliphatic heterocycles. The van der Waals surface area contributed by atoms with Crippen LogP contribution in [0.3, 0.4) is 0 Å². The van der Waals surface area contributed by atoms with E-state index in [9.17, 15) is 15.2 Å². The lowest BCUT2D eigenvalue weighted by Crippen LogP contribution is -2.22. The van der Waals surface area contributed by atoms with Crippen LogP contribution in [0.2, 0.25) is 10.0 Å². The van der Waals surface area contributed by atoms with Crippen molar-refractivity contribution in [2.75, 3.05) is 18.0 Å². The van der Waals surface area contributed by atoms with Crippen molar-refractivity contribution in [1.29, 1.82) is 0 Å². The minimum absolute atomic E-state index is 0.0894. The van der Waals surface area contributed by atoms with E-state index < -0.39 is 11.0 Å². The Bertz CT molecular complexity index is 467. The van der Waals surface area contributed by atoms with Gasteiger partial charge in [-0.1, -0.05) is 23.2 Å². The zero-order valence-corrected chi connectivity index (χ0v) is 10.3. The van der Waals surface area contributed by atoms with Crippen molar-refractivity contribution >= 4 is 34.6 Å². The summed E-state index contributed by atoms with van der Waals surface area (Å²) >= 11 is 11.6. The molecule has 1 aliphatic rings. The molecular weight excluding hydrogens is 267 g/mol. The highest BCUT2D eigenvalue weighted by molar-refractivity contribution is 6.42. The van der Waals surface area contributed by atoms with Crippen LogP contribution in [-0.4, -0.2) is 29.2 Å². The minimum atomic E-state index is -0.498. The van der Waals surface area contributed by atoms with Crippen LogP contribution in [0.4, 0.5) is 11.4 Å². The van der Waals surface area contributed by atoms with Gasteiger partial charge in [0.05, 0.1) is 21.1 Å². The third-order valence-corrected chi connectivity index (χ3v) is 3.44. The van der Waals surface area contributed by atoms with Gasteiger partial charge in [0.15, 0.2) is 0 Å². The summed E-state index contributed by atoms with van der Waals surface area (Å²) in [6.45, 7) is 0.943. The third-order valence-electron chi connectivity index (χ3n) is 2.72. The van der Waals surface area contributed by atoms with Gasteiger partial charge in [-0.05, 0) is 12.5 Å². The Morgan fingerprint density at radius 3 is 2.59 bits per heavy atom. The molecule has 1 aromatic carbocycles. The maximum atomic E-state index is 10.9. The number of rotatable bonds is 2. The van der Waals surface area contributed by atoms with Gasteiger partial charge < -0.3 is 10.0 Å². The van der Waals surface area contributed by atoms with Gasteiger partial charge in [0, 0.05) is 19.2 Å². The van der Waals surface area contributed by atoms with Gasteiger partial charge in [-0.3, -0.25) is 10.1 Å². The molecule has 0 saturated carbocycles. The van der Waals surface area contributed by atoms with Crippen LogP contribution in [0.25, 0.3) is 0 Å². The fourth-order valence-electron chi connectivity index (χ4n) is 1.89. The first-order valence-corrected chi connectivity index (χ1v) is 5.81. The zero-order chi connectivity index (χ0) is 12.6. The Morgan fingerprint density at radius 1 is 1.41 bits per heavy atom. The molecule has 0 radical (unpaired) electrons. The number of nitro benzene ring substituents is 1. The quantitative estimate of drug-likeness (QED) is 0.666. The first kappa shape index (κ1) is 12.4. The smallest absolute Gasteiger partial charge is 0.294 e. The van der Waals surface area contributed by atoms with E-state index in [1.54, 1.807) is 4.90 Å². The topological polar surface area (TPSA) is 66.6 Å². The predicted molar refractivity (Wildman–Crippen MR) is 66.0 cm³/mol. The number of nitrogens with zero attached hydrogens (tertiary/aromatic N) is 2. The molecule has 1 atom stereocenters. The highest BCUT2D eigenvalue weighted by Gasteiger charge is 2.27. The van der Waals surface area contributed by atoms with Crippen molar-refractivity contribution in [3.05, 3.63) is 32.3 Å². The summed E-state index contributed by atoms with van der Waals surface area (Å²) in [4.78, 5) is 12.2. The van der Waals surface area contributed by atoms with E-state index in [-0.39, 0.29) is 15.7 Å². The number of hydrogen-bond acceptors (Lipinski definition) is 4. The Hall–Kier alpha value is -1.04. The van der Waals surface area contributed by atoms with Crippen LogP contribution in [-0.2, 0) is 0 Å². The number of benzene rings is 1. The van der Waals surface area contributed by atoms with Crippen LogP contribution in [0, 0.1) is 10.1 Å². The molecule has 1 aromatic rings. The number of aliphatic hydroxyl groups excluding tert-OH is 1. The number of hydrogen-bond donors (Lipinski definition) is 1. The first-order valence-electron chi connectivity index (χ1n) is 5.05. The summed E-state index contributed by atoms with van der Waals surface area (Å²) in [6, 6.07) is 2.71. The largest absolute Gasteiger partial charge is 0.391 e. The van der Waals surface area contributed by atoms with Gasteiger partial charge in [-0.2, -0.15) is 0 Å². The molecule has 0 amide bonds. The van der Waals surface area contributed by atoms with Gasteiger partial charge in [0.2, 0.25) is 0 Å². The highest BCUT2D eigenvalue weighted by Crippen LogP contribution is 2.37. The molecule has 5 nitrogen and oxygen atoms in total. The van der Waals surface area contributed by atoms with E-state index in [0.29, 0.717) is 25.2 Å². The van der Waals surface area contributed by atoms with E-state index in [4.69, 9.17) is 23.2 Å². The Morgan fingerprint density at radius 2 is 2.06 bits per heavy atom. The summed E-state index contributed by atoms with van der Waals surface area (Å²) in [7, 11) is 0. The van der Waals surface area contributed by atoms with Gasteiger partial charge >= 0.3 is 0 Å². The molecule has 1 heterocycles. The lowest BCUT2D eigenvalue weighted by atomic mass is 10.2. The summed E-state index contributed by atoms with van der Waals surface area (Å²) in [5, 5.41) is 20.8. The van der Waals surface area contributed by atoms with Crippen molar-refractivity contribution in [3.8, 4) is 0 Å². The normalized spacial score (nSPS) is 19.7. The second kappa shape index (κ2) is 4.68. The van der Waals surface area contributed by atoms with E-state index in [0.717, 1.165) is 0 Å². The molecule has 92 valence electrons. The molecule has 0 spiro atoms. The van der Waals surface area contributed by atoms with E-state index in [1.165, 1.54) is 12.1 Å². The predicted octanol–water partition coefficient (Wildman–Crippen LogP) is 2.47. The molecule has 0 bridgehead atoms. The molecule has 1 fully saturated rings. The molecule has 1 N–H and O–H groups in total. The lowest BCUT2D eigenvalue weighted by Gasteiger charge is -2.18. The van der Waals surface area contributed by atoms with Crippen molar-refractivity contribution in [2.45, 2.75) is 12.5 Å². The number of anilines is 1. The minimum Gasteiger partial charge on any atom is -0.391 e. The Kier molecular flexibility index (Phi) is 3.42. The third kappa shape index (κ3) is 2.46. The van der Waals surface area contributed by atoms with Gasteiger partial charge in [-0.15, -0.1) is 0 Å². The first-order chi connectivity index (χ1) is 7.99. The highest BCUT2D eigenvalue weighted by atomic mass is 35.5. The second-order valence-corrected chi connectivity index (χ2v) is 4.72. The Labute approximate surface area is 108 Å². The summed E-state index contributed by atoms with van der Waals surface area (Å²) in [5.41, 5.74) is 0.314. The van der Waals surface area contributed by atoms with Crippen molar-refractivity contribution < 1.29 is 10.0 Å². The monoisotopic (exact) mass is 276 g/mol. The van der Waals surface area contributed by atoms with Crippen molar-refractivity contribution in [2.24, 2.45) is 0 Å². The number of nitro groups is 1. The zero-order valence-electron chi connectivity index (χ0n) is 8.77. The maximum absolute atomic E-state index is 10.9. The molecule has 2 rings (SSSR count). The average molecular weight is 277 g/mol. The van der Waals surface area contributed by atoms with Gasteiger partial charge in [0.25, 0.3) is 5.69 Å². The Balaban J connectivity index is 2.44. The van der Waals surface area contributed by atoms with E-state index >= 15 is 0 Å². The van der Waals surface area contributed by atoms with Gasteiger partial charge in [0.1, 0.15) is 5.69 Å². The molecule has 1 unspecified atom stereocenters. The molecule has 17 heavy (non-hydrogen) atoms. The molecule has 0 aliphatic carbocycles. The SMILES string of the molecule is O=[N+]([O-])c1cc(Cl)c(Cl)cc1N1CCC(O)C1. The van der Waals surface area contributed by atoms with Crippen LogP contribution in [0.1, 0.15) is 6.42 Å². The van der Waals surface area contributed by atoms with E-state index in [1.807, 2.05) is 0 Å². The summed E-state index contributed by atoms with van der Waals surface area (Å²) < 4.78 is 0. The lowest BCUT2D eigenvalue weighted by molar-refractivity contribution is -0.384. The van der Waals surface area contributed by atoms with Crippen LogP contribution in [0.5, 0.6) is 0 Å². The fourth-order valence-corrected chi connectivity index (χ4v) is 2.20. The summed E-state index contributed by atoms with van der Waals surface area (Å²) in [5.74, 6) is 0. The molecular formula is C10H10Cl2N2O3. The van der Waals surface area contributed by atoms with Crippen LogP contribution in [0.15, 0.2) is 12.1 Å². The molecule has 0 aromatic heterocycles. The second-order valence-electron chi connectivity index (χ2n) is 3.90. The van der Waals surface area contributed by atoms with Crippen molar-refractivity contribution in [1.82, 2.24) is 0 Å². The van der Waals surface area contributed by atoms with Gasteiger partial charge in [-0.25, -0.2) is 0 Å². The molecule has 7 heteroatoms. The van der Waals surface area contributed by atoms with Crippen LogP contribution < -0.4 is 4.90 Å².